The summed E-state index contributed by atoms with van der Waals surface area (Å²) in [7, 11) is 0. The van der Waals surface area contributed by atoms with Crippen molar-refractivity contribution in [2.75, 3.05) is 0 Å². The van der Waals surface area contributed by atoms with Crippen LogP contribution in [0.5, 0.6) is 0 Å². The number of rotatable bonds is 5. The molecule has 1 aromatic carbocycles. The lowest BCUT2D eigenvalue weighted by Gasteiger charge is -2.11. The Bertz CT molecular complexity index is 583. The zero-order chi connectivity index (χ0) is 13.1. The number of hydrogen-bond donors (Lipinski definition) is 2. The van der Waals surface area contributed by atoms with Crippen LogP contribution in [0.4, 0.5) is 0 Å². The van der Waals surface area contributed by atoms with E-state index in [2.05, 4.69) is 31.7 Å². The van der Waals surface area contributed by atoms with Gasteiger partial charge in [0.2, 0.25) is 0 Å². The van der Waals surface area contributed by atoms with Crippen LogP contribution in [0, 0.1) is 5.41 Å². The van der Waals surface area contributed by atoms with Crippen molar-refractivity contribution in [3.63, 3.8) is 0 Å². The van der Waals surface area contributed by atoms with Gasteiger partial charge in [0.1, 0.15) is 5.84 Å². The van der Waals surface area contributed by atoms with Crippen LogP contribution in [-0.4, -0.2) is 5.84 Å². The molecule has 0 spiro atoms. The van der Waals surface area contributed by atoms with Gasteiger partial charge in [-0.1, -0.05) is 25.1 Å². The van der Waals surface area contributed by atoms with Gasteiger partial charge in [-0.05, 0) is 41.8 Å². The largest absolute Gasteiger partial charge is 0.383 e. The number of thiophene rings is 1. The molecule has 0 fully saturated rings. The van der Waals surface area contributed by atoms with Crippen LogP contribution < -0.4 is 5.73 Å². The molecule has 1 unspecified atom stereocenters. The molecule has 0 radical (unpaired) electrons. The summed E-state index contributed by atoms with van der Waals surface area (Å²) in [5.74, 6) is 0.655. The molecule has 2 rings (SSSR count). The van der Waals surface area contributed by atoms with E-state index in [1.54, 1.807) is 11.3 Å². The molecule has 3 heteroatoms. The molecule has 3 N–H and O–H groups in total. The molecule has 0 bridgehead atoms. The first-order valence-corrected chi connectivity index (χ1v) is 6.93. The molecule has 1 atom stereocenters. The minimum atomic E-state index is 0.154. The Morgan fingerprint density at radius 1 is 1.56 bits per heavy atom. The van der Waals surface area contributed by atoms with Crippen LogP contribution in [0.15, 0.2) is 36.9 Å². The number of hydrogen-bond acceptors (Lipinski definition) is 2. The summed E-state index contributed by atoms with van der Waals surface area (Å²) >= 11 is 1.59. The first-order valence-electron chi connectivity index (χ1n) is 6.11. The topological polar surface area (TPSA) is 49.9 Å². The van der Waals surface area contributed by atoms with Crippen molar-refractivity contribution in [1.82, 2.24) is 0 Å². The minimum Gasteiger partial charge on any atom is -0.383 e. The van der Waals surface area contributed by atoms with Gasteiger partial charge in [-0.2, -0.15) is 0 Å². The average molecular weight is 258 g/mol. The summed E-state index contributed by atoms with van der Waals surface area (Å²) in [4.78, 5) is 0.855. The fourth-order valence-corrected chi connectivity index (χ4v) is 3.13. The standard InChI is InChI=1S/C15H18N2S/c1-3-4-6-10(2)11-7-5-8-13-12(11)9-14(18-13)15(16)17/h3,5,7-10H,1,4,6H2,2H3,(H3,16,17). The van der Waals surface area contributed by atoms with Crippen molar-refractivity contribution in [1.29, 1.82) is 5.41 Å². The monoisotopic (exact) mass is 258 g/mol. The van der Waals surface area contributed by atoms with E-state index in [0.717, 1.165) is 17.7 Å². The molecule has 94 valence electrons. The number of nitrogens with two attached hydrogens (primary N) is 1. The number of benzene rings is 1. The van der Waals surface area contributed by atoms with E-state index < -0.39 is 0 Å². The average Bonchev–Trinajstić information content (AvgIpc) is 2.79. The van der Waals surface area contributed by atoms with Crippen LogP contribution in [-0.2, 0) is 0 Å². The summed E-state index contributed by atoms with van der Waals surface area (Å²) in [6.45, 7) is 6.01. The molecule has 18 heavy (non-hydrogen) atoms. The van der Waals surface area contributed by atoms with E-state index in [1.807, 2.05) is 12.1 Å². The zero-order valence-corrected chi connectivity index (χ0v) is 11.4. The van der Waals surface area contributed by atoms with E-state index in [4.69, 9.17) is 11.1 Å². The van der Waals surface area contributed by atoms with Gasteiger partial charge in [0.05, 0.1) is 4.88 Å². The lowest BCUT2D eigenvalue weighted by molar-refractivity contribution is 0.696. The summed E-state index contributed by atoms with van der Waals surface area (Å²) in [6, 6.07) is 8.40. The lowest BCUT2D eigenvalue weighted by atomic mass is 9.93. The summed E-state index contributed by atoms with van der Waals surface area (Å²) in [5.41, 5.74) is 6.91. The van der Waals surface area contributed by atoms with Gasteiger partial charge in [-0.3, -0.25) is 5.41 Å². The molecule has 2 nitrogen and oxygen atoms in total. The molecule has 0 aliphatic carbocycles. The van der Waals surface area contributed by atoms with Crippen molar-refractivity contribution < 1.29 is 0 Å². The van der Waals surface area contributed by atoms with E-state index >= 15 is 0 Å². The third-order valence-corrected chi connectivity index (χ3v) is 4.33. The molecule has 0 saturated carbocycles. The van der Waals surface area contributed by atoms with Gasteiger partial charge < -0.3 is 5.73 Å². The van der Waals surface area contributed by atoms with Crippen LogP contribution in [0.3, 0.4) is 0 Å². The first-order chi connectivity index (χ1) is 8.63. The Kier molecular flexibility index (Phi) is 3.82. The number of allylic oxidation sites excluding steroid dienone is 1. The molecule has 0 amide bonds. The Morgan fingerprint density at radius 3 is 3.00 bits per heavy atom. The van der Waals surface area contributed by atoms with E-state index in [-0.39, 0.29) is 5.84 Å². The summed E-state index contributed by atoms with van der Waals surface area (Å²) in [5, 5.41) is 8.77. The fourth-order valence-electron chi connectivity index (χ4n) is 2.17. The van der Waals surface area contributed by atoms with Crippen molar-refractivity contribution in [2.45, 2.75) is 25.7 Å². The van der Waals surface area contributed by atoms with Gasteiger partial charge in [0.15, 0.2) is 0 Å². The molecule has 1 aromatic heterocycles. The third kappa shape index (κ3) is 2.46. The Labute approximate surface area is 112 Å². The smallest absolute Gasteiger partial charge is 0.133 e. The van der Waals surface area contributed by atoms with Crippen molar-refractivity contribution in [2.24, 2.45) is 5.73 Å². The van der Waals surface area contributed by atoms with Crippen molar-refractivity contribution in [3.8, 4) is 0 Å². The van der Waals surface area contributed by atoms with Gasteiger partial charge in [-0.15, -0.1) is 17.9 Å². The molecule has 0 aliphatic heterocycles. The molecule has 1 heterocycles. The van der Waals surface area contributed by atoms with Gasteiger partial charge >= 0.3 is 0 Å². The highest BCUT2D eigenvalue weighted by Crippen LogP contribution is 2.33. The maximum atomic E-state index is 7.53. The highest BCUT2D eigenvalue weighted by molar-refractivity contribution is 7.20. The number of nitrogens with one attached hydrogen (secondary N) is 1. The normalized spacial score (nSPS) is 12.5. The fraction of sp³-hybridized carbons (Fsp3) is 0.267. The highest BCUT2D eigenvalue weighted by atomic mass is 32.1. The Balaban J connectivity index is 2.43. The maximum Gasteiger partial charge on any atom is 0.133 e. The first kappa shape index (κ1) is 12.8. The van der Waals surface area contributed by atoms with Crippen LogP contribution >= 0.6 is 11.3 Å². The number of nitrogen functional groups attached to an aromatic ring is 1. The number of amidine groups is 1. The maximum absolute atomic E-state index is 7.53. The quantitative estimate of drug-likeness (QED) is 0.470. The van der Waals surface area contributed by atoms with E-state index in [9.17, 15) is 0 Å². The highest BCUT2D eigenvalue weighted by Gasteiger charge is 2.12. The van der Waals surface area contributed by atoms with E-state index in [0.29, 0.717) is 5.92 Å². The van der Waals surface area contributed by atoms with Gasteiger partial charge in [0, 0.05) is 4.70 Å². The Morgan fingerprint density at radius 2 is 2.33 bits per heavy atom. The van der Waals surface area contributed by atoms with E-state index in [1.165, 1.54) is 15.6 Å². The second-order valence-corrected chi connectivity index (χ2v) is 5.63. The second kappa shape index (κ2) is 5.36. The summed E-state index contributed by atoms with van der Waals surface area (Å²) in [6.07, 6.45) is 4.10. The molecular weight excluding hydrogens is 240 g/mol. The van der Waals surface area contributed by atoms with Gasteiger partial charge in [0.25, 0.3) is 0 Å². The van der Waals surface area contributed by atoms with Crippen molar-refractivity contribution in [3.05, 3.63) is 47.4 Å². The second-order valence-electron chi connectivity index (χ2n) is 4.55. The number of fused-ring (bicyclic) bond motifs is 1. The molecule has 2 aromatic rings. The van der Waals surface area contributed by atoms with Gasteiger partial charge in [-0.25, -0.2) is 0 Å². The minimum absolute atomic E-state index is 0.154. The SMILES string of the molecule is C=CCCC(C)c1cccc2sc(C(=N)N)cc12. The zero-order valence-electron chi connectivity index (χ0n) is 10.6. The molecule has 0 saturated heterocycles. The van der Waals surface area contributed by atoms with Crippen LogP contribution in [0.1, 0.15) is 36.1 Å². The molecule has 0 aliphatic rings. The predicted octanol–water partition coefficient (Wildman–Crippen LogP) is 4.26. The van der Waals surface area contributed by atoms with Crippen molar-refractivity contribution >= 4 is 27.3 Å². The molecular formula is C15H18N2S. The van der Waals surface area contributed by atoms with Crippen LogP contribution in [0.25, 0.3) is 10.1 Å². The predicted molar refractivity (Wildman–Crippen MR) is 80.7 cm³/mol. The summed E-state index contributed by atoms with van der Waals surface area (Å²) < 4.78 is 1.21. The Hall–Kier alpha value is -1.61. The third-order valence-electron chi connectivity index (χ3n) is 3.20. The lowest BCUT2D eigenvalue weighted by Crippen LogP contribution is -2.08. The van der Waals surface area contributed by atoms with Crippen LogP contribution in [0.2, 0.25) is 0 Å².